The van der Waals surface area contributed by atoms with E-state index in [1.165, 1.54) is 11.7 Å². The summed E-state index contributed by atoms with van der Waals surface area (Å²) >= 11 is 0. The molecule has 4 rings (SSSR count). The van der Waals surface area contributed by atoms with Crippen LogP contribution in [0.15, 0.2) is 53.4 Å². The van der Waals surface area contributed by atoms with Crippen molar-refractivity contribution in [2.24, 2.45) is 10.9 Å². The van der Waals surface area contributed by atoms with E-state index in [4.69, 9.17) is 11.2 Å². The summed E-state index contributed by atoms with van der Waals surface area (Å²) in [5.41, 5.74) is 0.882. The lowest BCUT2D eigenvalue weighted by Gasteiger charge is -2.33. The molecule has 0 spiro atoms. The fraction of sp³-hybridized carbons (Fsp3) is 0.364. The third kappa shape index (κ3) is 4.19. The number of hydrogen-bond acceptors (Lipinski definition) is 5. The number of aromatic nitrogens is 3. The van der Waals surface area contributed by atoms with Gasteiger partial charge in [0.1, 0.15) is 6.10 Å². The molecule has 2 aliphatic rings. The number of carbonyl (C=O) groups excluding carboxylic acids is 1. The van der Waals surface area contributed by atoms with Gasteiger partial charge in [0.2, 0.25) is 0 Å². The Labute approximate surface area is 178 Å². The molecule has 1 aliphatic carbocycles. The number of halogens is 2. The minimum atomic E-state index is -2.61. The monoisotopic (exact) mass is 425 g/mol. The van der Waals surface area contributed by atoms with Gasteiger partial charge in [0.05, 0.1) is 29.7 Å². The molecule has 9 heteroatoms. The van der Waals surface area contributed by atoms with Gasteiger partial charge in [-0.05, 0) is 43.7 Å². The highest BCUT2D eigenvalue weighted by Gasteiger charge is 2.48. The smallest absolute Gasteiger partial charge is 0.268 e. The molecule has 1 aromatic carbocycles. The Morgan fingerprint density at radius 2 is 2.06 bits per heavy atom. The predicted octanol–water partition coefficient (Wildman–Crippen LogP) is 3.09. The Morgan fingerprint density at radius 3 is 2.74 bits per heavy atom. The molecule has 2 heterocycles. The van der Waals surface area contributed by atoms with Crippen molar-refractivity contribution in [3.05, 3.63) is 54.0 Å². The Morgan fingerprint density at radius 1 is 1.32 bits per heavy atom. The van der Waals surface area contributed by atoms with Crippen LogP contribution in [0.3, 0.4) is 0 Å². The highest BCUT2D eigenvalue weighted by molar-refractivity contribution is 5.98. The SMILES string of the molecule is C#C/C(=N\C=C(/C)C(F)F)OC1CC2CC1N(C(=O)c1ccccc1-n1nccn1)C2. The number of hydrogen-bond donors (Lipinski definition) is 0. The third-order valence-electron chi connectivity index (χ3n) is 5.57. The number of ether oxygens (including phenoxy) is 1. The summed E-state index contributed by atoms with van der Waals surface area (Å²) in [5.74, 6) is 2.38. The van der Waals surface area contributed by atoms with E-state index in [9.17, 15) is 13.6 Å². The summed E-state index contributed by atoms with van der Waals surface area (Å²) in [6, 6.07) is 6.98. The summed E-state index contributed by atoms with van der Waals surface area (Å²) in [7, 11) is 0. The van der Waals surface area contributed by atoms with Gasteiger partial charge >= 0.3 is 0 Å². The number of amides is 1. The number of likely N-dealkylation sites (tertiary alicyclic amines) is 1. The molecular formula is C22H21F2N5O2. The highest BCUT2D eigenvalue weighted by atomic mass is 19.3. The minimum Gasteiger partial charge on any atom is -0.466 e. The largest absolute Gasteiger partial charge is 0.466 e. The lowest BCUT2D eigenvalue weighted by Crippen LogP contribution is -2.46. The van der Waals surface area contributed by atoms with E-state index >= 15 is 0 Å². The molecule has 2 fully saturated rings. The standard InChI is InChI=1S/C22H21F2N5O2/c1-3-20(25-12-14(2)21(23)24)31-19-11-15-10-18(19)28(13-15)22(30)16-6-4-5-7-17(16)29-26-8-9-27-29/h1,4-9,12,15,18-19,21H,10-11,13H2,2H3/b14-12+,25-20+. The molecule has 1 saturated heterocycles. The lowest BCUT2D eigenvalue weighted by atomic mass is 10.1. The Bertz CT molecular complexity index is 1060. The number of terminal acetylenes is 1. The van der Waals surface area contributed by atoms with Gasteiger partial charge in [-0.3, -0.25) is 4.79 Å². The number of nitrogens with zero attached hydrogens (tertiary/aromatic N) is 5. The van der Waals surface area contributed by atoms with E-state index in [1.54, 1.807) is 35.5 Å². The van der Waals surface area contributed by atoms with E-state index in [0.29, 0.717) is 17.8 Å². The van der Waals surface area contributed by atoms with Gasteiger partial charge in [0.25, 0.3) is 18.2 Å². The summed E-state index contributed by atoms with van der Waals surface area (Å²) < 4.78 is 31.2. The number of alkyl halides is 2. The summed E-state index contributed by atoms with van der Waals surface area (Å²) in [6.07, 6.45) is 8.14. The van der Waals surface area contributed by atoms with Crippen LogP contribution in [0.2, 0.25) is 0 Å². The molecule has 1 aromatic heterocycles. The maximum Gasteiger partial charge on any atom is 0.268 e. The van der Waals surface area contributed by atoms with Crippen molar-refractivity contribution >= 4 is 11.8 Å². The number of allylic oxidation sites excluding steroid dienone is 1. The predicted molar refractivity (Wildman–Crippen MR) is 110 cm³/mol. The molecule has 160 valence electrons. The molecule has 2 aromatic rings. The average Bonchev–Trinajstić information content (AvgIpc) is 3.53. The number of para-hydroxylation sites is 1. The Balaban J connectivity index is 1.53. The number of fused-ring (bicyclic) bond motifs is 2. The fourth-order valence-electron chi connectivity index (χ4n) is 4.11. The molecule has 1 saturated carbocycles. The first-order valence-corrected chi connectivity index (χ1v) is 9.90. The van der Waals surface area contributed by atoms with E-state index < -0.39 is 6.43 Å². The number of carbonyl (C=O) groups is 1. The van der Waals surface area contributed by atoms with Crippen molar-refractivity contribution in [3.8, 4) is 18.0 Å². The summed E-state index contributed by atoms with van der Waals surface area (Å²) in [6.45, 7) is 1.89. The summed E-state index contributed by atoms with van der Waals surface area (Å²) in [4.78, 5) is 20.5. The second-order valence-electron chi connectivity index (χ2n) is 7.61. The average molecular weight is 425 g/mol. The number of benzene rings is 1. The van der Waals surface area contributed by atoms with E-state index in [-0.39, 0.29) is 35.4 Å². The second kappa shape index (κ2) is 8.68. The topological polar surface area (TPSA) is 72.6 Å². The zero-order valence-corrected chi connectivity index (χ0v) is 16.9. The van der Waals surface area contributed by atoms with Gasteiger partial charge in [-0.15, -0.1) is 6.42 Å². The first-order valence-electron chi connectivity index (χ1n) is 9.90. The first kappa shape index (κ1) is 20.7. The molecule has 0 N–H and O–H groups in total. The zero-order chi connectivity index (χ0) is 22.0. The van der Waals surface area contributed by atoms with Crippen LogP contribution in [0, 0.1) is 18.3 Å². The van der Waals surface area contributed by atoms with E-state index in [1.807, 2.05) is 6.07 Å². The van der Waals surface area contributed by atoms with Crippen molar-refractivity contribution in [2.75, 3.05) is 6.54 Å². The normalized spacial score (nSPS) is 23.3. The maximum atomic E-state index is 13.4. The van der Waals surface area contributed by atoms with Gasteiger partial charge in [-0.2, -0.15) is 15.0 Å². The number of rotatable bonds is 5. The van der Waals surface area contributed by atoms with Crippen molar-refractivity contribution in [1.82, 2.24) is 19.9 Å². The Kier molecular flexibility index (Phi) is 5.80. The molecule has 3 unspecified atom stereocenters. The van der Waals surface area contributed by atoms with Crippen LogP contribution < -0.4 is 0 Å². The van der Waals surface area contributed by atoms with E-state index in [0.717, 1.165) is 19.0 Å². The zero-order valence-electron chi connectivity index (χ0n) is 16.9. The molecule has 2 bridgehead atoms. The van der Waals surface area contributed by atoms with E-state index in [2.05, 4.69) is 21.1 Å². The van der Waals surface area contributed by atoms with Crippen LogP contribution in [0.1, 0.15) is 30.1 Å². The van der Waals surface area contributed by atoms with Crippen molar-refractivity contribution in [1.29, 1.82) is 0 Å². The first-order chi connectivity index (χ1) is 15.0. The lowest BCUT2D eigenvalue weighted by molar-refractivity contribution is 0.0451. The van der Waals surface area contributed by atoms with Crippen LogP contribution in [0.25, 0.3) is 5.69 Å². The van der Waals surface area contributed by atoms with Crippen LogP contribution in [0.4, 0.5) is 8.78 Å². The van der Waals surface area contributed by atoms with Crippen molar-refractivity contribution < 1.29 is 18.3 Å². The van der Waals surface area contributed by atoms with Crippen LogP contribution >= 0.6 is 0 Å². The van der Waals surface area contributed by atoms with Gasteiger partial charge in [0, 0.05) is 18.3 Å². The van der Waals surface area contributed by atoms with Crippen LogP contribution in [-0.4, -0.2) is 56.8 Å². The molecule has 1 aliphatic heterocycles. The molecule has 7 nitrogen and oxygen atoms in total. The molecular weight excluding hydrogens is 404 g/mol. The van der Waals surface area contributed by atoms with Crippen LogP contribution in [0.5, 0.6) is 0 Å². The summed E-state index contributed by atoms with van der Waals surface area (Å²) in [5, 5.41) is 8.26. The molecule has 1 amide bonds. The maximum absolute atomic E-state index is 13.4. The third-order valence-corrected chi connectivity index (χ3v) is 5.57. The van der Waals surface area contributed by atoms with Crippen molar-refractivity contribution in [3.63, 3.8) is 0 Å². The number of aliphatic imine (C=N–C) groups is 1. The minimum absolute atomic E-state index is 0.0638. The van der Waals surface area contributed by atoms with Crippen molar-refractivity contribution in [2.45, 2.75) is 38.3 Å². The fourth-order valence-corrected chi connectivity index (χ4v) is 4.11. The van der Waals surface area contributed by atoms with Gasteiger partial charge in [-0.1, -0.05) is 12.1 Å². The molecule has 3 atom stereocenters. The Hall–Kier alpha value is -3.54. The van der Waals surface area contributed by atoms with Gasteiger partial charge in [0.15, 0.2) is 0 Å². The van der Waals surface area contributed by atoms with Gasteiger partial charge in [-0.25, -0.2) is 13.8 Å². The van der Waals surface area contributed by atoms with Crippen LogP contribution in [-0.2, 0) is 4.74 Å². The second-order valence-corrected chi connectivity index (χ2v) is 7.61. The van der Waals surface area contributed by atoms with Gasteiger partial charge < -0.3 is 9.64 Å². The molecule has 0 radical (unpaired) electrons. The quantitative estimate of drug-likeness (QED) is 0.419. The molecule has 31 heavy (non-hydrogen) atoms. The highest BCUT2D eigenvalue weighted by Crippen LogP contribution is 2.40. The number of piperidine rings is 1.